The van der Waals surface area contributed by atoms with E-state index in [9.17, 15) is 9.59 Å². The van der Waals surface area contributed by atoms with Gasteiger partial charge in [-0.1, -0.05) is 60.1 Å². The number of fused-ring (bicyclic) bond motifs is 3. The molecule has 0 heterocycles. The standard InChI is InChI=1S/C25H21ClO5/c1-2-29-24(28)31-16-25(15-30-23(27)17-11-13-18(26)14-12-17)21-9-5-3-7-19(21)20-8-4-6-10-22(20)25/h3-14H,2,15-16H2,1H3. The van der Waals surface area contributed by atoms with Crippen LogP contribution in [0.4, 0.5) is 4.79 Å². The zero-order chi connectivity index (χ0) is 21.8. The van der Waals surface area contributed by atoms with Crippen LogP contribution in [0.5, 0.6) is 0 Å². The zero-order valence-electron chi connectivity index (χ0n) is 17.0. The topological polar surface area (TPSA) is 61.8 Å². The second kappa shape index (κ2) is 8.82. The van der Waals surface area contributed by atoms with Gasteiger partial charge in [0.15, 0.2) is 0 Å². The molecule has 4 rings (SSSR count). The van der Waals surface area contributed by atoms with Crippen LogP contribution in [0.25, 0.3) is 11.1 Å². The largest absolute Gasteiger partial charge is 0.508 e. The van der Waals surface area contributed by atoms with Gasteiger partial charge in [-0.3, -0.25) is 0 Å². The van der Waals surface area contributed by atoms with Gasteiger partial charge in [0.2, 0.25) is 0 Å². The van der Waals surface area contributed by atoms with Crippen molar-refractivity contribution in [1.82, 2.24) is 0 Å². The fourth-order valence-corrected chi connectivity index (χ4v) is 4.09. The van der Waals surface area contributed by atoms with E-state index in [1.165, 1.54) is 0 Å². The van der Waals surface area contributed by atoms with Gasteiger partial charge in [-0.05, 0) is 53.4 Å². The molecule has 0 aromatic heterocycles. The highest BCUT2D eigenvalue weighted by Crippen LogP contribution is 2.49. The van der Waals surface area contributed by atoms with Crippen LogP contribution < -0.4 is 0 Å². The molecule has 6 heteroatoms. The molecule has 1 aliphatic carbocycles. The molecule has 0 atom stereocenters. The normalized spacial score (nSPS) is 13.1. The summed E-state index contributed by atoms with van der Waals surface area (Å²) in [4.78, 5) is 24.7. The minimum atomic E-state index is -0.845. The molecule has 0 spiro atoms. The van der Waals surface area contributed by atoms with Gasteiger partial charge in [0.1, 0.15) is 13.2 Å². The number of ether oxygens (including phenoxy) is 3. The minimum absolute atomic E-state index is 0.00188. The van der Waals surface area contributed by atoms with Crippen molar-refractivity contribution >= 4 is 23.7 Å². The molecule has 158 valence electrons. The summed E-state index contributed by atoms with van der Waals surface area (Å²) in [6.07, 6.45) is -0.757. The van der Waals surface area contributed by atoms with Crippen molar-refractivity contribution in [2.45, 2.75) is 12.3 Å². The van der Waals surface area contributed by atoms with E-state index in [1.807, 2.05) is 48.5 Å². The van der Waals surface area contributed by atoms with Gasteiger partial charge in [-0.15, -0.1) is 0 Å². The SMILES string of the molecule is CCOC(=O)OCC1(COC(=O)c2ccc(Cl)cc2)c2ccccc2-c2ccccc21. The van der Waals surface area contributed by atoms with E-state index >= 15 is 0 Å². The van der Waals surface area contributed by atoms with E-state index in [2.05, 4.69) is 0 Å². The van der Waals surface area contributed by atoms with E-state index < -0.39 is 17.5 Å². The smallest absolute Gasteiger partial charge is 0.461 e. The number of rotatable bonds is 6. The van der Waals surface area contributed by atoms with Crippen LogP contribution in [-0.2, 0) is 19.6 Å². The summed E-state index contributed by atoms with van der Waals surface area (Å²) in [7, 11) is 0. The van der Waals surface area contributed by atoms with Crippen LogP contribution >= 0.6 is 11.6 Å². The molecule has 1 aliphatic rings. The van der Waals surface area contributed by atoms with Crippen LogP contribution in [0.1, 0.15) is 28.4 Å². The Bertz CT molecular complexity index is 1060. The lowest BCUT2D eigenvalue weighted by molar-refractivity contribution is 0.0219. The summed E-state index contributed by atoms with van der Waals surface area (Å²) in [5.74, 6) is -0.478. The third-order valence-electron chi connectivity index (χ3n) is 5.40. The maximum absolute atomic E-state index is 12.7. The molecule has 0 saturated heterocycles. The molecule has 31 heavy (non-hydrogen) atoms. The summed E-state index contributed by atoms with van der Waals surface area (Å²) in [6.45, 7) is 1.91. The van der Waals surface area contributed by atoms with E-state index in [4.69, 9.17) is 25.8 Å². The Kier molecular flexibility index (Phi) is 5.96. The number of carbonyl (C=O) groups excluding carboxylic acids is 2. The van der Waals surface area contributed by atoms with Gasteiger partial charge >= 0.3 is 12.1 Å². The molecule has 0 bridgehead atoms. The van der Waals surface area contributed by atoms with Gasteiger partial charge in [0.25, 0.3) is 0 Å². The van der Waals surface area contributed by atoms with E-state index in [-0.39, 0.29) is 19.8 Å². The van der Waals surface area contributed by atoms with Crippen molar-refractivity contribution in [1.29, 1.82) is 0 Å². The van der Waals surface area contributed by atoms with Crippen molar-refractivity contribution in [2.24, 2.45) is 0 Å². The average Bonchev–Trinajstić information content (AvgIpc) is 3.07. The van der Waals surface area contributed by atoms with E-state index in [0.29, 0.717) is 10.6 Å². The van der Waals surface area contributed by atoms with Crippen molar-refractivity contribution in [3.63, 3.8) is 0 Å². The number of benzene rings is 3. The maximum Gasteiger partial charge on any atom is 0.508 e. The number of hydrogen-bond donors (Lipinski definition) is 0. The highest BCUT2D eigenvalue weighted by molar-refractivity contribution is 6.30. The number of hydrogen-bond acceptors (Lipinski definition) is 5. The fourth-order valence-electron chi connectivity index (χ4n) is 3.97. The van der Waals surface area contributed by atoms with Crippen LogP contribution in [0.3, 0.4) is 0 Å². The number of halogens is 1. The Hall–Kier alpha value is -3.31. The highest BCUT2D eigenvalue weighted by atomic mass is 35.5. The first kappa shape index (κ1) is 20.9. The second-order valence-electron chi connectivity index (χ2n) is 7.23. The predicted molar refractivity (Wildman–Crippen MR) is 117 cm³/mol. The third kappa shape index (κ3) is 4.01. The first-order valence-corrected chi connectivity index (χ1v) is 10.3. The number of carbonyl (C=O) groups is 2. The molecule has 0 amide bonds. The van der Waals surface area contributed by atoms with Crippen molar-refractivity contribution < 1.29 is 23.8 Å². The van der Waals surface area contributed by atoms with Crippen molar-refractivity contribution in [3.05, 3.63) is 94.5 Å². The lowest BCUT2D eigenvalue weighted by atomic mass is 9.79. The Labute approximate surface area is 185 Å². The van der Waals surface area contributed by atoms with Gasteiger partial charge in [0, 0.05) is 5.02 Å². The molecular weight excluding hydrogens is 416 g/mol. The third-order valence-corrected chi connectivity index (χ3v) is 5.66. The first-order chi connectivity index (χ1) is 15.0. The summed E-state index contributed by atoms with van der Waals surface area (Å²) < 4.78 is 16.2. The summed E-state index contributed by atoms with van der Waals surface area (Å²) in [6, 6.07) is 22.2. The molecule has 3 aromatic carbocycles. The molecular formula is C25H21ClO5. The van der Waals surface area contributed by atoms with Crippen LogP contribution in [0.15, 0.2) is 72.8 Å². The summed E-state index contributed by atoms with van der Waals surface area (Å²) in [5, 5.41) is 0.537. The average molecular weight is 437 g/mol. The maximum atomic E-state index is 12.7. The van der Waals surface area contributed by atoms with Gasteiger partial charge in [0.05, 0.1) is 17.6 Å². The molecule has 5 nitrogen and oxygen atoms in total. The fraction of sp³-hybridized carbons (Fsp3) is 0.200. The first-order valence-electron chi connectivity index (χ1n) is 9.97. The lowest BCUT2D eigenvalue weighted by Gasteiger charge is -2.30. The van der Waals surface area contributed by atoms with Crippen LogP contribution in [0, 0.1) is 0 Å². The lowest BCUT2D eigenvalue weighted by Crippen LogP contribution is -2.38. The molecule has 3 aromatic rings. The minimum Gasteiger partial charge on any atom is -0.461 e. The molecule has 0 N–H and O–H groups in total. The second-order valence-corrected chi connectivity index (χ2v) is 7.66. The Morgan fingerprint density at radius 1 is 0.774 bits per heavy atom. The zero-order valence-corrected chi connectivity index (χ0v) is 17.7. The summed E-state index contributed by atoms with van der Waals surface area (Å²) in [5.41, 5.74) is 3.46. The summed E-state index contributed by atoms with van der Waals surface area (Å²) >= 11 is 5.92. The van der Waals surface area contributed by atoms with E-state index in [1.54, 1.807) is 31.2 Å². The highest BCUT2D eigenvalue weighted by Gasteiger charge is 2.45. The molecule has 0 aliphatic heterocycles. The van der Waals surface area contributed by atoms with Crippen molar-refractivity contribution in [3.8, 4) is 11.1 Å². The number of esters is 1. The molecule has 0 unspecified atom stereocenters. The van der Waals surface area contributed by atoms with Gasteiger partial charge in [-0.25, -0.2) is 9.59 Å². The monoisotopic (exact) mass is 436 g/mol. The van der Waals surface area contributed by atoms with Gasteiger partial charge in [-0.2, -0.15) is 0 Å². The molecule has 0 saturated carbocycles. The Morgan fingerprint density at radius 3 is 1.90 bits per heavy atom. The molecule has 0 fully saturated rings. The predicted octanol–water partition coefficient (Wildman–Crippen LogP) is 5.64. The van der Waals surface area contributed by atoms with E-state index in [0.717, 1.165) is 22.3 Å². The van der Waals surface area contributed by atoms with Crippen LogP contribution in [0.2, 0.25) is 5.02 Å². The molecule has 0 radical (unpaired) electrons. The Balaban J connectivity index is 1.70. The quantitative estimate of drug-likeness (QED) is 0.468. The Morgan fingerprint density at radius 2 is 1.32 bits per heavy atom. The van der Waals surface area contributed by atoms with Gasteiger partial charge < -0.3 is 14.2 Å². The van der Waals surface area contributed by atoms with Crippen molar-refractivity contribution in [2.75, 3.05) is 19.8 Å². The van der Waals surface area contributed by atoms with Crippen LogP contribution in [-0.4, -0.2) is 31.9 Å².